The Labute approximate surface area is 188 Å². The van der Waals surface area contributed by atoms with Crippen molar-refractivity contribution in [2.45, 2.75) is 12.5 Å². The van der Waals surface area contributed by atoms with E-state index in [-0.39, 0.29) is 23.5 Å². The number of halogens is 2. The number of likely N-dealkylation sites (tertiary alicyclic amines) is 1. The van der Waals surface area contributed by atoms with Crippen LogP contribution >= 0.6 is 11.6 Å². The highest BCUT2D eigenvalue weighted by Gasteiger charge is 2.47. The number of furan rings is 1. The zero-order chi connectivity index (χ0) is 22.8. The molecule has 4 rings (SSSR count). The summed E-state index contributed by atoms with van der Waals surface area (Å²) in [6, 6.07) is 12.8. The number of carbonyl (C=O) groups is 2. The van der Waals surface area contributed by atoms with E-state index in [9.17, 15) is 19.1 Å². The standard InChI is InChI=1S/C24H19ClFNO5/c1-31-18-9-6-15(25)13-17(18)22(28)20-21(19-3-2-12-32-19)27(24(30)23(20)29)11-10-14-4-7-16(26)8-5-14/h2-9,12-13,21,28H,10-11H2,1H3/b22-20-. The third-order valence-electron chi connectivity index (χ3n) is 5.32. The van der Waals surface area contributed by atoms with Crippen molar-refractivity contribution in [1.29, 1.82) is 0 Å². The zero-order valence-corrected chi connectivity index (χ0v) is 17.8. The molecule has 1 amide bonds. The molecule has 0 spiro atoms. The molecule has 0 aliphatic carbocycles. The Morgan fingerprint density at radius 2 is 1.94 bits per heavy atom. The van der Waals surface area contributed by atoms with E-state index in [1.165, 1.54) is 36.5 Å². The molecule has 1 aliphatic heterocycles. The Morgan fingerprint density at radius 1 is 1.19 bits per heavy atom. The number of hydrogen-bond donors (Lipinski definition) is 1. The molecule has 0 saturated carbocycles. The van der Waals surface area contributed by atoms with Crippen molar-refractivity contribution in [2.24, 2.45) is 0 Å². The molecule has 1 aliphatic rings. The lowest BCUT2D eigenvalue weighted by molar-refractivity contribution is -0.140. The van der Waals surface area contributed by atoms with Crippen LogP contribution in [0, 0.1) is 5.82 Å². The van der Waals surface area contributed by atoms with Crippen LogP contribution in [0.2, 0.25) is 5.02 Å². The van der Waals surface area contributed by atoms with E-state index < -0.39 is 23.5 Å². The Kier molecular flexibility index (Phi) is 6.01. The van der Waals surface area contributed by atoms with Gasteiger partial charge in [-0.2, -0.15) is 0 Å². The molecule has 6 nitrogen and oxygen atoms in total. The lowest BCUT2D eigenvalue weighted by atomic mass is 9.98. The first-order chi connectivity index (χ1) is 15.4. The predicted octanol–water partition coefficient (Wildman–Crippen LogP) is 4.75. The molecule has 2 heterocycles. The first-order valence-electron chi connectivity index (χ1n) is 9.81. The second kappa shape index (κ2) is 8.88. The van der Waals surface area contributed by atoms with Gasteiger partial charge in [0.05, 0.1) is 24.5 Å². The predicted molar refractivity (Wildman–Crippen MR) is 116 cm³/mol. The van der Waals surface area contributed by atoms with Crippen LogP contribution in [-0.2, 0) is 16.0 Å². The number of benzene rings is 2. The van der Waals surface area contributed by atoms with Crippen LogP contribution in [0.25, 0.3) is 5.76 Å². The van der Waals surface area contributed by atoms with Crippen LogP contribution in [0.3, 0.4) is 0 Å². The molecule has 0 radical (unpaired) electrons. The van der Waals surface area contributed by atoms with Gasteiger partial charge in [0.15, 0.2) is 0 Å². The smallest absolute Gasteiger partial charge is 0.295 e. The van der Waals surface area contributed by atoms with Crippen molar-refractivity contribution in [1.82, 2.24) is 4.90 Å². The largest absolute Gasteiger partial charge is 0.507 e. The first kappa shape index (κ1) is 21.6. The fourth-order valence-electron chi connectivity index (χ4n) is 3.76. The van der Waals surface area contributed by atoms with Crippen LogP contribution in [0.4, 0.5) is 4.39 Å². The zero-order valence-electron chi connectivity index (χ0n) is 17.0. The fraction of sp³-hybridized carbons (Fsp3) is 0.167. The summed E-state index contributed by atoms with van der Waals surface area (Å²) in [7, 11) is 1.42. The topological polar surface area (TPSA) is 80.0 Å². The van der Waals surface area contributed by atoms with E-state index in [1.54, 1.807) is 36.4 Å². The van der Waals surface area contributed by atoms with Gasteiger partial charge >= 0.3 is 0 Å². The summed E-state index contributed by atoms with van der Waals surface area (Å²) in [6.07, 6.45) is 1.81. The summed E-state index contributed by atoms with van der Waals surface area (Å²) in [4.78, 5) is 27.3. The van der Waals surface area contributed by atoms with Gasteiger partial charge < -0.3 is 19.2 Å². The maximum Gasteiger partial charge on any atom is 0.295 e. The number of ether oxygens (including phenoxy) is 1. The molecular formula is C24H19ClFNO5. The van der Waals surface area contributed by atoms with Gasteiger partial charge in [0.25, 0.3) is 11.7 Å². The van der Waals surface area contributed by atoms with Crippen molar-refractivity contribution >= 4 is 29.1 Å². The Bertz CT molecular complexity index is 1190. The van der Waals surface area contributed by atoms with E-state index in [0.29, 0.717) is 23.0 Å². The van der Waals surface area contributed by atoms with Gasteiger partial charge in [-0.25, -0.2) is 4.39 Å². The van der Waals surface area contributed by atoms with Gasteiger partial charge in [0.2, 0.25) is 0 Å². The minimum atomic E-state index is -0.936. The summed E-state index contributed by atoms with van der Waals surface area (Å²) < 4.78 is 24.0. The van der Waals surface area contributed by atoms with Gasteiger partial charge in [-0.05, 0) is 54.4 Å². The van der Waals surface area contributed by atoms with Crippen molar-refractivity contribution < 1.29 is 28.2 Å². The summed E-state index contributed by atoms with van der Waals surface area (Å²) in [6.45, 7) is 0.158. The molecular weight excluding hydrogens is 437 g/mol. The number of aliphatic hydroxyl groups excluding tert-OH is 1. The summed E-state index contributed by atoms with van der Waals surface area (Å²) in [5.74, 6) is -1.76. The number of ketones is 1. The third-order valence-corrected chi connectivity index (χ3v) is 5.56. The SMILES string of the molecule is COc1ccc(Cl)cc1/C(O)=C1/C(=O)C(=O)N(CCc2ccc(F)cc2)C1c1ccco1. The highest BCUT2D eigenvalue weighted by Crippen LogP contribution is 2.41. The van der Waals surface area contributed by atoms with Gasteiger partial charge in [-0.1, -0.05) is 23.7 Å². The monoisotopic (exact) mass is 455 g/mol. The number of rotatable bonds is 6. The van der Waals surface area contributed by atoms with Crippen LogP contribution < -0.4 is 4.74 Å². The van der Waals surface area contributed by atoms with E-state index in [2.05, 4.69) is 0 Å². The van der Waals surface area contributed by atoms with E-state index in [1.807, 2.05) is 0 Å². The number of methoxy groups -OCH3 is 1. The van der Waals surface area contributed by atoms with E-state index in [4.69, 9.17) is 20.8 Å². The number of carbonyl (C=O) groups excluding carboxylic acids is 2. The van der Waals surface area contributed by atoms with E-state index >= 15 is 0 Å². The van der Waals surface area contributed by atoms with Crippen LogP contribution in [-0.4, -0.2) is 35.4 Å². The average molecular weight is 456 g/mol. The molecule has 1 atom stereocenters. The van der Waals surface area contributed by atoms with Gasteiger partial charge in [0.1, 0.15) is 29.1 Å². The number of hydrogen-bond acceptors (Lipinski definition) is 5. The lowest BCUT2D eigenvalue weighted by Gasteiger charge is -2.23. The highest BCUT2D eigenvalue weighted by atomic mass is 35.5. The third kappa shape index (κ3) is 3.99. The van der Waals surface area contributed by atoms with Gasteiger partial charge in [-0.3, -0.25) is 9.59 Å². The number of amides is 1. The molecule has 2 aromatic carbocycles. The van der Waals surface area contributed by atoms with Crippen LogP contribution in [0.5, 0.6) is 5.75 Å². The molecule has 1 unspecified atom stereocenters. The maximum absolute atomic E-state index is 13.2. The van der Waals surface area contributed by atoms with Crippen molar-refractivity contribution in [2.75, 3.05) is 13.7 Å². The summed E-state index contributed by atoms with van der Waals surface area (Å²) in [5, 5.41) is 11.4. The molecule has 0 bridgehead atoms. The fourth-order valence-corrected chi connectivity index (χ4v) is 3.94. The van der Waals surface area contributed by atoms with Crippen molar-refractivity contribution in [3.05, 3.63) is 94.2 Å². The van der Waals surface area contributed by atoms with Gasteiger partial charge in [0, 0.05) is 11.6 Å². The minimum Gasteiger partial charge on any atom is -0.507 e. The Balaban J connectivity index is 1.77. The highest BCUT2D eigenvalue weighted by molar-refractivity contribution is 6.46. The summed E-state index contributed by atoms with van der Waals surface area (Å²) in [5.41, 5.74) is 0.862. The average Bonchev–Trinajstić information content (AvgIpc) is 3.40. The molecule has 1 N–H and O–H groups in total. The van der Waals surface area contributed by atoms with E-state index in [0.717, 1.165) is 5.56 Å². The van der Waals surface area contributed by atoms with Crippen LogP contribution in [0.1, 0.15) is 22.9 Å². The van der Waals surface area contributed by atoms with Crippen molar-refractivity contribution in [3.63, 3.8) is 0 Å². The number of nitrogens with zero attached hydrogens (tertiary/aromatic N) is 1. The first-order valence-corrected chi connectivity index (χ1v) is 10.2. The van der Waals surface area contributed by atoms with Gasteiger partial charge in [-0.15, -0.1) is 0 Å². The van der Waals surface area contributed by atoms with Crippen LogP contribution in [0.15, 0.2) is 70.9 Å². The summed E-state index contributed by atoms with van der Waals surface area (Å²) >= 11 is 6.09. The number of Topliss-reactive ketones (excluding diaryl/α,β-unsaturated/α-hetero) is 1. The molecule has 3 aromatic rings. The Morgan fingerprint density at radius 3 is 2.59 bits per heavy atom. The quantitative estimate of drug-likeness (QED) is 0.330. The molecule has 8 heteroatoms. The molecule has 1 fully saturated rings. The molecule has 1 aromatic heterocycles. The molecule has 1 saturated heterocycles. The van der Waals surface area contributed by atoms with Crippen molar-refractivity contribution in [3.8, 4) is 5.75 Å². The molecule has 32 heavy (non-hydrogen) atoms. The Hall–Kier alpha value is -3.58. The maximum atomic E-state index is 13.2. The normalized spacial score (nSPS) is 17.7. The second-order valence-corrected chi connectivity index (χ2v) is 7.67. The second-order valence-electron chi connectivity index (χ2n) is 7.23. The molecule has 164 valence electrons. The lowest BCUT2D eigenvalue weighted by Crippen LogP contribution is -2.31. The minimum absolute atomic E-state index is 0.121. The number of aliphatic hydroxyl groups is 1.